The van der Waals surface area contributed by atoms with Crippen LogP contribution in [0, 0.1) is 0 Å². The maximum atomic E-state index is 11.3. The molecule has 0 radical (unpaired) electrons. The molecule has 1 heterocycles. The smallest absolute Gasteiger partial charge is 0.238 e. The van der Waals surface area contributed by atoms with Crippen LogP contribution in [0.25, 0.3) is 0 Å². The molecule has 1 aromatic heterocycles. The zero-order valence-electron chi connectivity index (χ0n) is 8.84. The van der Waals surface area contributed by atoms with Gasteiger partial charge in [0.25, 0.3) is 0 Å². The summed E-state index contributed by atoms with van der Waals surface area (Å²) in [6.07, 6.45) is 1.56. The Hall–Kier alpha value is -1.94. The molecule has 5 heteroatoms. The van der Waals surface area contributed by atoms with Crippen LogP contribution in [0.1, 0.15) is 10.4 Å². The van der Waals surface area contributed by atoms with Crippen LogP contribution in [0.4, 0.5) is 0 Å². The first-order valence-electron chi connectivity index (χ1n) is 4.94. The van der Waals surface area contributed by atoms with Crippen LogP contribution in [0.15, 0.2) is 42.6 Å². The second-order valence-electron chi connectivity index (χ2n) is 3.25. The van der Waals surface area contributed by atoms with Gasteiger partial charge in [0.05, 0.1) is 5.88 Å². The summed E-state index contributed by atoms with van der Waals surface area (Å²) in [5, 5.41) is 7.48. The zero-order chi connectivity index (χ0) is 12.1. The van der Waals surface area contributed by atoms with Gasteiger partial charge in [-0.2, -0.15) is 5.10 Å². The Bertz CT molecular complexity index is 500. The zero-order valence-corrected chi connectivity index (χ0v) is 9.59. The molecule has 0 amide bonds. The van der Waals surface area contributed by atoms with Gasteiger partial charge in [0, 0.05) is 17.8 Å². The first-order valence-corrected chi connectivity index (χ1v) is 5.48. The van der Waals surface area contributed by atoms with Gasteiger partial charge in [-0.05, 0) is 30.3 Å². The molecule has 1 aromatic carbocycles. The van der Waals surface area contributed by atoms with Crippen molar-refractivity contribution in [1.29, 1.82) is 0 Å². The van der Waals surface area contributed by atoms with Crippen molar-refractivity contribution >= 4 is 17.4 Å². The molecule has 0 spiro atoms. The number of benzene rings is 1. The minimum atomic E-state index is -0.113. The van der Waals surface area contributed by atoms with Crippen LogP contribution in [-0.4, -0.2) is 21.9 Å². The first kappa shape index (κ1) is 11.5. The number of nitrogens with zero attached hydrogens (tertiary/aromatic N) is 2. The SMILES string of the molecule is O=C(CCl)c1ccc(Oc2cccnn2)cc1. The first-order chi connectivity index (χ1) is 8.29. The summed E-state index contributed by atoms with van der Waals surface area (Å²) in [5.41, 5.74) is 0.562. The predicted octanol–water partition coefficient (Wildman–Crippen LogP) is 2.69. The Kier molecular flexibility index (Phi) is 3.67. The Morgan fingerprint density at radius 2 is 2.00 bits per heavy atom. The van der Waals surface area contributed by atoms with Crippen LogP contribution in [0.2, 0.25) is 0 Å². The van der Waals surface area contributed by atoms with Crippen molar-refractivity contribution in [3.05, 3.63) is 48.2 Å². The van der Waals surface area contributed by atoms with Crippen LogP contribution < -0.4 is 4.74 Å². The third-order valence-corrected chi connectivity index (χ3v) is 2.31. The summed E-state index contributed by atoms with van der Waals surface area (Å²) in [6, 6.07) is 10.1. The summed E-state index contributed by atoms with van der Waals surface area (Å²) in [4.78, 5) is 11.3. The molecule has 0 aliphatic rings. The largest absolute Gasteiger partial charge is 0.438 e. The summed E-state index contributed by atoms with van der Waals surface area (Å²) in [6.45, 7) is 0. The molecule has 0 aliphatic heterocycles. The normalized spacial score (nSPS) is 9.94. The number of hydrogen-bond acceptors (Lipinski definition) is 4. The molecule has 0 N–H and O–H groups in total. The van der Waals surface area contributed by atoms with Crippen molar-refractivity contribution in [2.24, 2.45) is 0 Å². The van der Waals surface area contributed by atoms with Gasteiger partial charge in [-0.1, -0.05) is 0 Å². The fourth-order valence-electron chi connectivity index (χ4n) is 1.25. The number of aromatic nitrogens is 2. The standard InChI is InChI=1S/C12H9ClN2O2/c13-8-11(16)9-3-5-10(6-4-9)17-12-2-1-7-14-15-12/h1-7H,8H2. The van der Waals surface area contributed by atoms with E-state index < -0.39 is 0 Å². The van der Waals surface area contributed by atoms with Gasteiger partial charge in [-0.25, -0.2) is 0 Å². The molecule has 0 unspecified atom stereocenters. The average Bonchev–Trinajstić information content (AvgIpc) is 2.40. The molecular weight excluding hydrogens is 240 g/mol. The van der Waals surface area contributed by atoms with E-state index in [-0.39, 0.29) is 11.7 Å². The number of hydrogen-bond donors (Lipinski definition) is 0. The van der Waals surface area contributed by atoms with E-state index in [0.29, 0.717) is 17.2 Å². The van der Waals surface area contributed by atoms with E-state index >= 15 is 0 Å². The monoisotopic (exact) mass is 248 g/mol. The lowest BCUT2D eigenvalue weighted by Gasteiger charge is -2.04. The maximum absolute atomic E-state index is 11.3. The molecule has 0 bridgehead atoms. The highest BCUT2D eigenvalue weighted by Crippen LogP contribution is 2.19. The number of ketones is 1. The van der Waals surface area contributed by atoms with Crippen molar-refractivity contribution in [3.63, 3.8) is 0 Å². The van der Waals surface area contributed by atoms with Gasteiger partial charge in [0.2, 0.25) is 5.88 Å². The molecule has 0 aliphatic carbocycles. The third kappa shape index (κ3) is 3.01. The Labute approximate surface area is 103 Å². The average molecular weight is 249 g/mol. The van der Waals surface area contributed by atoms with E-state index in [1.807, 2.05) is 0 Å². The fourth-order valence-corrected chi connectivity index (χ4v) is 1.40. The maximum Gasteiger partial charge on any atom is 0.238 e. The highest BCUT2D eigenvalue weighted by Gasteiger charge is 2.04. The molecule has 0 fully saturated rings. The lowest BCUT2D eigenvalue weighted by Crippen LogP contribution is -1.99. The number of ether oxygens (including phenoxy) is 1. The fraction of sp³-hybridized carbons (Fsp3) is 0.0833. The molecule has 4 nitrogen and oxygen atoms in total. The molecule has 86 valence electrons. The molecule has 0 saturated heterocycles. The van der Waals surface area contributed by atoms with Crippen molar-refractivity contribution in [3.8, 4) is 11.6 Å². The molecule has 2 aromatic rings. The molecule has 17 heavy (non-hydrogen) atoms. The van der Waals surface area contributed by atoms with E-state index in [0.717, 1.165) is 0 Å². The lowest BCUT2D eigenvalue weighted by atomic mass is 10.1. The molecule has 0 saturated carbocycles. The van der Waals surface area contributed by atoms with Crippen LogP contribution in [0.3, 0.4) is 0 Å². The number of carbonyl (C=O) groups excluding carboxylic acids is 1. The highest BCUT2D eigenvalue weighted by molar-refractivity contribution is 6.30. The number of Topliss-reactive ketones (excluding diaryl/α,β-unsaturated/α-hetero) is 1. The highest BCUT2D eigenvalue weighted by atomic mass is 35.5. The topological polar surface area (TPSA) is 52.1 Å². The summed E-state index contributed by atoms with van der Waals surface area (Å²) in [7, 11) is 0. The van der Waals surface area contributed by atoms with Crippen LogP contribution in [0.5, 0.6) is 11.6 Å². The van der Waals surface area contributed by atoms with Gasteiger partial charge < -0.3 is 4.74 Å². The second kappa shape index (κ2) is 5.41. The minimum absolute atomic E-state index is 0.0234. The van der Waals surface area contributed by atoms with Gasteiger partial charge in [0.15, 0.2) is 5.78 Å². The summed E-state index contributed by atoms with van der Waals surface area (Å²) in [5.74, 6) is 0.864. The number of halogens is 1. The molecule has 2 rings (SSSR count). The number of alkyl halides is 1. The van der Waals surface area contributed by atoms with Crippen molar-refractivity contribution < 1.29 is 9.53 Å². The van der Waals surface area contributed by atoms with Crippen molar-refractivity contribution in [2.75, 3.05) is 5.88 Å². The predicted molar refractivity (Wildman–Crippen MR) is 63.6 cm³/mol. The van der Waals surface area contributed by atoms with Gasteiger partial charge in [-0.15, -0.1) is 16.7 Å². The summed E-state index contributed by atoms with van der Waals surface area (Å²) >= 11 is 5.46. The number of carbonyl (C=O) groups is 1. The number of rotatable bonds is 4. The quantitative estimate of drug-likeness (QED) is 0.617. The van der Waals surface area contributed by atoms with Gasteiger partial charge >= 0.3 is 0 Å². The van der Waals surface area contributed by atoms with Gasteiger partial charge in [0.1, 0.15) is 5.75 Å². The second-order valence-corrected chi connectivity index (χ2v) is 3.51. The van der Waals surface area contributed by atoms with E-state index in [1.165, 1.54) is 0 Å². The molecular formula is C12H9ClN2O2. The van der Waals surface area contributed by atoms with E-state index in [1.54, 1.807) is 42.6 Å². The van der Waals surface area contributed by atoms with E-state index in [4.69, 9.17) is 16.3 Å². The molecule has 0 atom stereocenters. The van der Waals surface area contributed by atoms with Crippen LogP contribution >= 0.6 is 11.6 Å². The van der Waals surface area contributed by atoms with E-state index in [2.05, 4.69) is 10.2 Å². The van der Waals surface area contributed by atoms with Crippen molar-refractivity contribution in [2.45, 2.75) is 0 Å². The van der Waals surface area contributed by atoms with Gasteiger partial charge in [-0.3, -0.25) is 4.79 Å². The lowest BCUT2D eigenvalue weighted by molar-refractivity contribution is 0.102. The Morgan fingerprint density at radius 1 is 1.24 bits per heavy atom. The third-order valence-electron chi connectivity index (χ3n) is 2.07. The minimum Gasteiger partial charge on any atom is -0.438 e. The van der Waals surface area contributed by atoms with Crippen molar-refractivity contribution in [1.82, 2.24) is 10.2 Å². The summed E-state index contributed by atoms with van der Waals surface area (Å²) < 4.78 is 5.43. The van der Waals surface area contributed by atoms with E-state index in [9.17, 15) is 4.79 Å². The Morgan fingerprint density at radius 3 is 2.59 bits per heavy atom. The van der Waals surface area contributed by atoms with Crippen LogP contribution in [-0.2, 0) is 0 Å². The Balaban J connectivity index is 2.11.